The van der Waals surface area contributed by atoms with Gasteiger partial charge in [0.25, 0.3) is 0 Å². The third-order valence-electron chi connectivity index (χ3n) is 5.60. The second-order valence-electron chi connectivity index (χ2n) is 8.69. The molecular formula is C23H30N2O2S. The maximum atomic E-state index is 12.4. The molecule has 1 atom stereocenters. The molecule has 0 spiro atoms. The van der Waals surface area contributed by atoms with Crippen LogP contribution in [0.2, 0.25) is 0 Å². The van der Waals surface area contributed by atoms with E-state index in [1.165, 1.54) is 11.3 Å². The summed E-state index contributed by atoms with van der Waals surface area (Å²) in [6, 6.07) is 3.95. The van der Waals surface area contributed by atoms with E-state index in [1.54, 1.807) is 24.5 Å². The average Bonchev–Trinajstić information content (AvgIpc) is 3.01. The summed E-state index contributed by atoms with van der Waals surface area (Å²) >= 11 is 1.62. The second kappa shape index (κ2) is 8.08. The molecule has 28 heavy (non-hydrogen) atoms. The normalized spacial score (nSPS) is 16.9. The van der Waals surface area contributed by atoms with Gasteiger partial charge in [-0.25, -0.2) is 4.98 Å². The largest absolute Gasteiger partial charge is 0.497 e. The second-order valence-corrected chi connectivity index (χ2v) is 9.78. The Morgan fingerprint density at radius 1 is 1.29 bits per heavy atom. The number of amides is 1. The molecule has 0 bridgehead atoms. The van der Waals surface area contributed by atoms with Crippen molar-refractivity contribution in [1.82, 2.24) is 4.98 Å². The van der Waals surface area contributed by atoms with Crippen molar-refractivity contribution in [3.63, 3.8) is 0 Å². The number of benzene rings is 1. The standard InChI is InChI=1S/C23H30N2O2S/c1-14-11-17(27-6)12-15(2)18(14)8-10-21(26)25-22-24-19-9-7-16(23(3,4)5)13-20(19)28-22/h8,10-12,16H,7,9,13H2,1-6H3,(H,24,25,26)/b10-8+. The molecular weight excluding hydrogens is 368 g/mol. The topological polar surface area (TPSA) is 51.2 Å². The van der Waals surface area contributed by atoms with Crippen LogP contribution in [-0.2, 0) is 17.6 Å². The third-order valence-corrected chi connectivity index (χ3v) is 6.63. The maximum absolute atomic E-state index is 12.4. The summed E-state index contributed by atoms with van der Waals surface area (Å²) in [5, 5.41) is 3.65. The van der Waals surface area contributed by atoms with Crippen LogP contribution in [-0.4, -0.2) is 18.0 Å². The molecule has 3 rings (SSSR count). The molecule has 0 aliphatic heterocycles. The molecule has 1 unspecified atom stereocenters. The quantitative estimate of drug-likeness (QED) is 0.685. The van der Waals surface area contributed by atoms with Crippen molar-refractivity contribution >= 4 is 28.5 Å². The number of nitrogens with one attached hydrogen (secondary N) is 1. The van der Waals surface area contributed by atoms with Gasteiger partial charge in [0.05, 0.1) is 12.8 Å². The highest BCUT2D eigenvalue weighted by atomic mass is 32.1. The zero-order chi connectivity index (χ0) is 20.5. The van der Waals surface area contributed by atoms with Crippen molar-refractivity contribution in [2.45, 2.75) is 53.9 Å². The molecule has 0 radical (unpaired) electrons. The molecule has 1 aromatic heterocycles. The summed E-state index contributed by atoms with van der Waals surface area (Å²) in [6.45, 7) is 11.0. The first-order valence-electron chi connectivity index (χ1n) is 9.80. The first kappa shape index (κ1) is 20.6. The van der Waals surface area contributed by atoms with E-state index in [0.717, 1.165) is 41.0 Å². The lowest BCUT2D eigenvalue weighted by Crippen LogP contribution is -2.26. The Bertz CT molecular complexity index is 883. The fourth-order valence-corrected chi connectivity index (χ4v) is 4.88. The van der Waals surface area contributed by atoms with E-state index in [1.807, 2.05) is 32.1 Å². The van der Waals surface area contributed by atoms with Gasteiger partial charge in [0, 0.05) is 11.0 Å². The Kier molecular flexibility index (Phi) is 5.94. The van der Waals surface area contributed by atoms with Crippen LogP contribution in [0.3, 0.4) is 0 Å². The van der Waals surface area contributed by atoms with Gasteiger partial charge in [-0.05, 0) is 79.3 Å². The number of hydrogen-bond donors (Lipinski definition) is 1. The molecule has 0 fully saturated rings. The van der Waals surface area contributed by atoms with E-state index >= 15 is 0 Å². The van der Waals surface area contributed by atoms with Crippen molar-refractivity contribution in [3.8, 4) is 5.75 Å². The van der Waals surface area contributed by atoms with Gasteiger partial charge in [-0.15, -0.1) is 11.3 Å². The predicted molar refractivity (Wildman–Crippen MR) is 117 cm³/mol. The van der Waals surface area contributed by atoms with Gasteiger partial charge in [-0.1, -0.05) is 20.8 Å². The van der Waals surface area contributed by atoms with Crippen LogP contribution in [0.25, 0.3) is 6.08 Å². The number of fused-ring (bicyclic) bond motifs is 1. The van der Waals surface area contributed by atoms with Gasteiger partial charge in [0.15, 0.2) is 5.13 Å². The third kappa shape index (κ3) is 4.64. The van der Waals surface area contributed by atoms with E-state index in [4.69, 9.17) is 4.74 Å². The number of anilines is 1. The highest BCUT2D eigenvalue weighted by Crippen LogP contribution is 2.40. The van der Waals surface area contributed by atoms with Gasteiger partial charge in [-0.3, -0.25) is 10.1 Å². The summed E-state index contributed by atoms with van der Waals surface area (Å²) in [5.41, 5.74) is 4.67. The summed E-state index contributed by atoms with van der Waals surface area (Å²) in [7, 11) is 1.66. The Labute approximate surface area is 172 Å². The maximum Gasteiger partial charge on any atom is 0.250 e. The molecule has 1 aromatic carbocycles. The summed E-state index contributed by atoms with van der Waals surface area (Å²) in [6.07, 6.45) is 6.68. The minimum absolute atomic E-state index is 0.145. The SMILES string of the molecule is COc1cc(C)c(/C=C/C(=O)Nc2nc3c(s2)CC(C(C)(C)C)CC3)c(C)c1. The number of rotatable bonds is 4. The monoisotopic (exact) mass is 398 g/mol. The molecule has 0 saturated heterocycles. The lowest BCUT2D eigenvalue weighted by Gasteiger charge is -2.33. The summed E-state index contributed by atoms with van der Waals surface area (Å²) in [4.78, 5) is 18.4. The molecule has 1 heterocycles. The van der Waals surface area contributed by atoms with E-state index in [9.17, 15) is 4.79 Å². The fraction of sp³-hybridized carbons (Fsp3) is 0.478. The van der Waals surface area contributed by atoms with E-state index in [0.29, 0.717) is 16.5 Å². The Balaban J connectivity index is 1.68. The number of hydrogen-bond acceptors (Lipinski definition) is 4. The first-order chi connectivity index (χ1) is 13.2. The van der Waals surface area contributed by atoms with Gasteiger partial charge in [-0.2, -0.15) is 0 Å². The van der Waals surface area contributed by atoms with Crippen LogP contribution >= 0.6 is 11.3 Å². The molecule has 5 heteroatoms. The molecule has 4 nitrogen and oxygen atoms in total. The van der Waals surface area contributed by atoms with Crippen molar-refractivity contribution in [2.24, 2.45) is 11.3 Å². The van der Waals surface area contributed by atoms with Crippen LogP contribution in [0.5, 0.6) is 5.75 Å². The van der Waals surface area contributed by atoms with Crippen LogP contribution in [0.4, 0.5) is 5.13 Å². The molecule has 0 saturated carbocycles. The predicted octanol–water partition coefficient (Wildman–Crippen LogP) is 5.57. The summed E-state index contributed by atoms with van der Waals surface area (Å²) < 4.78 is 5.29. The lowest BCUT2D eigenvalue weighted by molar-refractivity contribution is -0.111. The highest BCUT2D eigenvalue weighted by molar-refractivity contribution is 7.15. The van der Waals surface area contributed by atoms with Crippen LogP contribution < -0.4 is 10.1 Å². The summed E-state index contributed by atoms with van der Waals surface area (Å²) in [5.74, 6) is 1.36. The van der Waals surface area contributed by atoms with E-state index in [2.05, 4.69) is 31.1 Å². The van der Waals surface area contributed by atoms with E-state index < -0.39 is 0 Å². The average molecular weight is 399 g/mol. The van der Waals surface area contributed by atoms with Crippen molar-refractivity contribution in [1.29, 1.82) is 0 Å². The van der Waals surface area contributed by atoms with Gasteiger partial charge < -0.3 is 4.74 Å². The molecule has 1 N–H and O–H groups in total. The molecule has 150 valence electrons. The number of carbonyl (C=O) groups excluding carboxylic acids is 1. The van der Waals surface area contributed by atoms with Crippen molar-refractivity contribution < 1.29 is 9.53 Å². The number of nitrogens with zero attached hydrogens (tertiary/aromatic N) is 1. The number of carbonyl (C=O) groups is 1. The number of thiazole rings is 1. The minimum Gasteiger partial charge on any atom is -0.497 e. The Morgan fingerprint density at radius 2 is 1.96 bits per heavy atom. The Hall–Kier alpha value is -2.14. The number of ether oxygens (including phenoxy) is 1. The van der Waals surface area contributed by atoms with Crippen LogP contribution in [0, 0.1) is 25.2 Å². The van der Waals surface area contributed by atoms with Gasteiger partial charge >= 0.3 is 0 Å². The fourth-order valence-electron chi connectivity index (χ4n) is 3.79. The zero-order valence-electron chi connectivity index (χ0n) is 17.7. The lowest BCUT2D eigenvalue weighted by atomic mass is 9.73. The van der Waals surface area contributed by atoms with Crippen molar-refractivity contribution in [3.05, 3.63) is 45.5 Å². The first-order valence-corrected chi connectivity index (χ1v) is 10.6. The zero-order valence-corrected chi connectivity index (χ0v) is 18.5. The van der Waals surface area contributed by atoms with Crippen LogP contribution in [0.15, 0.2) is 18.2 Å². The smallest absolute Gasteiger partial charge is 0.250 e. The number of methoxy groups -OCH3 is 1. The minimum atomic E-state index is -0.145. The molecule has 1 aliphatic carbocycles. The number of aryl methyl sites for hydroxylation is 3. The Morgan fingerprint density at radius 3 is 2.57 bits per heavy atom. The van der Waals surface area contributed by atoms with E-state index in [-0.39, 0.29) is 5.91 Å². The van der Waals surface area contributed by atoms with Crippen LogP contribution in [0.1, 0.15) is 54.5 Å². The van der Waals surface area contributed by atoms with Gasteiger partial charge in [0.2, 0.25) is 5.91 Å². The molecule has 1 amide bonds. The molecule has 2 aromatic rings. The number of aromatic nitrogens is 1. The molecule has 1 aliphatic rings. The van der Waals surface area contributed by atoms with Gasteiger partial charge in [0.1, 0.15) is 5.75 Å². The van der Waals surface area contributed by atoms with Crippen molar-refractivity contribution in [2.75, 3.05) is 12.4 Å². The highest BCUT2D eigenvalue weighted by Gasteiger charge is 2.30.